The molecule has 0 aliphatic rings. The maximum Gasteiger partial charge on any atom is 1.00 e. The van der Waals surface area contributed by atoms with Gasteiger partial charge in [0, 0.05) is 0 Å². The summed E-state index contributed by atoms with van der Waals surface area (Å²) in [7, 11) is -3.12. The van der Waals surface area contributed by atoms with Crippen molar-refractivity contribution in [2.75, 3.05) is 12.9 Å². The van der Waals surface area contributed by atoms with Gasteiger partial charge in [-0.05, 0) is 11.6 Å². The van der Waals surface area contributed by atoms with Gasteiger partial charge in [-0.15, -0.1) is 0 Å². The molecule has 0 radical (unpaired) electrons. The molecule has 1 rings (SSSR count). The summed E-state index contributed by atoms with van der Waals surface area (Å²) >= 11 is 0. The number of rotatable bonds is 4. The Morgan fingerprint density at radius 2 is 1.94 bits per heavy atom. The van der Waals surface area contributed by atoms with Crippen molar-refractivity contribution in [1.29, 1.82) is 0 Å². The minimum atomic E-state index is -4.27. The molecule has 0 saturated heterocycles. The molecule has 1 N–H and O–H groups in total. The molecular weight excluding hydrogens is 267 g/mol. The van der Waals surface area contributed by atoms with Crippen LogP contribution in [0.1, 0.15) is 6.99 Å². The Kier molecular flexibility index (Phi) is 7.42. The molecule has 0 aliphatic heterocycles. The van der Waals surface area contributed by atoms with E-state index < -0.39 is 21.8 Å². The number of carbonyl (C=O) groups is 1. The van der Waals surface area contributed by atoms with Crippen molar-refractivity contribution in [3.05, 3.63) is 41.5 Å². The average molecular weight is 280 g/mol. The van der Waals surface area contributed by atoms with Crippen LogP contribution in [-0.4, -0.2) is 31.8 Å². The summed E-state index contributed by atoms with van der Waals surface area (Å²) in [5.41, 5.74) is 0.526. The van der Waals surface area contributed by atoms with Gasteiger partial charge in [0.05, 0.1) is 12.7 Å². The number of hydrogen-bond acceptors (Lipinski definition) is 4. The smallest absolute Gasteiger partial charge is 1.00 e. The van der Waals surface area contributed by atoms with E-state index >= 15 is 0 Å². The first kappa shape index (κ1) is 17.3. The molecule has 18 heavy (non-hydrogen) atoms. The van der Waals surface area contributed by atoms with Gasteiger partial charge in [0.25, 0.3) is 10.1 Å². The Morgan fingerprint density at radius 1 is 1.39 bits per heavy atom. The van der Waals surface area contributed by atoms with Crippen LogP contribution < -0.4 is 29.6 Å². The Hall–Kier alpha value is -0.660. The van der Waals surface area contributed by atoms with Crippen LogP contribution in [0.15, 0.2) is 35.9 Å². The predicted octanol–water partition coefficient (Wildman–Crippen LogP) is -1.75. The fourth-order valence-corrected chi connectivity index (χ4v) is 1.83. The van der Waals surface area contributed by atoms with Crippen LogP contribution in [0, 0.1) is 0 Å². The minimum Gasteiger partial charge on any atom is -1.00 e. The minimum absolute atomic E-state index is 0. The van der Waals surface area contributed by atoms with Gasteiger partial charge < -0.3 is 6.16 Å². The summed E-state index contributed by atoms with van der Waals surface area (Å²) in [6.45, 7) is 0. The van der Waals surface area contributed by atoms with Crippen molar-refractivity contribution in [2.45, 2.75) is 0 Å². The normalized spacial score (nSPS) is 11.6. The van der Waals surface area contributed by atoms with Crippen molar-refractivity contribution in [3.63, 3.8) is 0 Å². The Morgan fingerprint density at radius 3 is 2.39 bits per heavy atom. The number of ether oxygens (including phenoxy) is 1. The fraction of sp³-hybridized carbons (Fsp3) is 0.182. The van der Waals surface area contributed by atoms with E-state index in [1.54, 1.807) is 30.3 Å². The van der Waals surface area contributed by atoms with Crippen molar-refractivity contribution < 1.29 is 53.5 Å². The zero-order chi connectivity index (χ0) is 12.9. The maximum atomic E-state index is 11.3. The van der Waals surface area contributed by atoms with E-state index in [9.17, 15) is 13.2 Å². The van der Waals surface area contributed by atoms with E-state index in [4.69, 9.17) is 4.55 Å². The fourth-order valence-electron chi connectivity index (χ4n) is 1.24. The third-order valence-corrected chi connectivity index (χ3v) is 2.60. The molecular formula is C11H13NaO5S. The first-order valence-corrected chi connectivity index (χ1v) is 6.32. The first-order chi connectivity index (χ1) is 7.92. The second-order valence-corrected chi connectivity index (χ2v) is 4.75. The summed E-state index contributed by atoms with van der Waals surface area (Å²) in [6, 6.07) is 8.68. The van der Waals surface area contributed by atoms with E-state index in [-0.39, 0.29) is 36.6 Å². The topological polar surface area (TPSA) is 80.7 Å². The number of esters is 1. The van der Waals surface area contributed by atoms with Gasteiger partial charge in [0.2, 0.25) is 0 Å². The number of benzene rings is 1. The van der Waals surface area contributed by atoms with Crippen molar-refractivity contribution in [1.82, 2.24) is 0 Å². The van der Waals surface area contributed by atoms with Gasteiger partial charge >= 0.3 is 35.5 Å². The van der Waals surface area contributed by atoms with E-state index in [1.165, 1.54) is 6.08 Å². The third-order valence-electron chi connectivity index (χ3n) is 1.93. The number of hydrogen-bond donors (Lipinski definition) is 1. The molecule has 0 aromatic heterocycles. The third kappa shape index (κ3) is 6.32. The summed E-state index contributed by atoms with van der Waals surface area (Å²) in [5, 5.41) is 0. The van der Waals surface area contributed by atoms with E-state index in [1.807, 2.05) is 0 Å². The SMILES string of the molecule is COC(=O)/C(=C/c1ccccc1)CS(=O)(=O)O.[H-].[Na+]. The molecule has 0 heterocycles. The van der Waals surface area contributed by atoms with Crippen LogP contribution in [0.2, 0.25) is 0 Å². The van der Waals surface area contributed by atoms with Crippen LogP contribution in [0.4, 0.5) is 0 Å². The van der Waals surface area contributed by atoms with Crippen LogP contribution in [0.3, 0.4) is 0 Å². The van der Waals surface area contributed by atoms with Crippen LogP contribution in [-0.2, 0) is 19.6 Å². The largest absolute Gasteiger partial charge is 1.00 e. The van der Waals surface area contributed by atoms with Crippen LogP contribution >= 0.6 is 0 Å². The molecule has 0 unspecified atom stereocenters. The Balaban J connectivity index is 0. The monoisotopic (exact) mass is 280 g/mol. The van der Waals surface area contributed by atoms with Gasteiger partial charge in [0.1, 0.15) is 5.75 Å². The molecule has 1 aromatic rings. The van der Waals surface area contributed by atoms with E-state index in [0.717, 1.165) is 7.11 Å². The molecule has 0 spiro atoms. The Labute approximate surface area is 129 Å². The zero-order valence-electron chi connectivity index (χ0n) is 11.2. The van der Waals surface area contributed by atoms with Crippen molar-refractivity contribution in [3.8, 4) is 0 Å². The molecule has 0 atom stereocenters. The zero-order valence-corrected chi connectivity index (χ0v) is 13.0. The molecule has 1 aromatic carbocycles. The van der Waals surface area contributed by atoms with Crippen LogP contribution in [0.25, 0.3) is 6.08 Å². The number of methoxy groups -OCH3 is 1. The molecule has 5 nitrogen and oxygen atoms in total. The van der Waals surface area contributed by atoms with Gasteiger partial charge in [0.15, 0.2) is 0 Å². The number of carbonyl (C=O) groups excluding carboxylic acids is 1. The molecule has 94 valence electrons. The van der Waals surface area contributed by atoms with Gasteiger partial charge in [-0.3, -0.25) is 4.55 Å². The van der Waals surface area contributed by atoms with Gasteiger partial charge in [-0.2, -0.15) is 8.42 Å². The van der Waals surface area contributed by atoms with E-state index in [2.05, 4.69) is 4.74 Å². The average Bonchev–Trinajstić information content (AvgIpc) is 2.27. The standard InChI is InChI=1S/C11H12O5S.Na.H/c1-16-11(12)10(8-17(13,14)15)7-9-5-3-2-4-6-9;;/h2-7H,8H2,1H3,(H,13,14,15);;/q;+1;-1/b10-7+;;. The van der Waals surface area contributed by atoms with Crippen molar-refractivity contribution >= 4 is 22.2 Å². The summed E-state index contributed by atoms with van der Waals surface area (Å²) in [4.78, 5) is 11.3. The molecule has 0 amide bonds. The van der Waals surface area contributed by atoms with Gasteiger partial charge in [-0.25, -0.2) is 4.79 Å². The quantitative estimate of drug-likeness (QED) is 0.306. The molecule has 0 fully saturated rings. The molecule has 0 aliphatic carbocycles. The molecule has 0 saturated carbocycles. The van der Waals surface area contributed by atoms with Gasteiger partial charge in [-0.1, -0.05) is 30.3 Å². The Bertz CT molecular complexity index is 527. The first-order valence-electron chi connectivity index (χ1n) is 4.71. The molecule has 7 heteroatoms. The van der Waals surface area contributed by atoms with Crippen LogP contribution in [0.5, 0.6) is 0 Å². The summed E-state index contributed by atoms with van der Waals surface area (Å²) in [6.07, 6.45) is 1.36. The second-order valence-electron chi connectivity index (χ2n) is 3.30. The second kappa shape index (κ2) is 7.70. The van der Waals surface area contributed by atoms with E-state index in [0.29, 0.717) is 5.56 Å². The predicted molar refractivity (Wildman–Crippen MR) is 64.0 cm³/mol. The maximum absolute atomic E-state index is 11.3. The summed E-state index contributed by atoms with van der Waals surface area (Å²) in [5.74, 6) is -1.55. The summed E-state index contributed by atoms with van der Waals surface area (Å²) < 4.78 is 34.7. The van der Waals surface area contributed by atoms with Crippen molar-refractivity contribution in [2.24, 2.45) is 0 Å². The molecule has 0 bridgehead atoms.